The second kappa shape index (κ2) is 4.19. The first kappa shape index (κ1) is 10.7. The van der Waals surface area contributed by atoms with Crippen LogP contribution in [0.1, 0.15) is 10.4 Å². The number of halogens is 2. The molecule has 0 aliphatic heterocycles. The van der Waals surface area contributed by atoms with E-state index in [1.807, 2.05) is 0 Å². The summed E-state index contributed by atoms with van der Waals surface area (Å²) in [6.45, 7) is 0. The van der Waals surface area contributed by atoms with Crippen LogP contribution in [-0.2, 0) is 9.53 Å². The van der Waals surface area contributed by atoms with Crippen molar-refractivity contribution >= 4 is 23.4 Å². The van der Waals surface area contributed by atoms with Crippen LogP contribution in [0.25, 0.3) is 0 Å². The molecule has 0 radical (unpaired) electrons. The Labute approximate surface area is 84.4 Å². The Balaban J connectivity index is 3.08. The molecule has 0 spiro atoms. The molecular formula is C9H6ClFO3. The minimum atomic E-state index is -1.03. The van der Waals surface area contributed by atoms with Gasteiger partial charge in [0.05, 0.1) is 12.1 Å². The fourth-order valence-corrected chi connectivity index (χ4v) is 1.13. The normalized spacial score (nSPS) is 9.64. The third-order valence-corrected chi connectivity index (χ3v) is 1.86. The van der Waals surface area contributed by atoms with Crippen molar-refractivity contribution in [1.82, 2.24) is 0 Å². The predicted octanol–water partition coefficient (Wildman–Crippen LogP) is 1.83. The van der Waals surface area contributed by atoms with Crippen molar-refractivity contribution in [3.8, 4) is 0 Å². The van der Waals surface area contributed by atoms with Gasteiger partial charge < -0.3 is 4.74 Å². The lowest BCUT2D eigenvalue weighted by atomic mass is 10.1. The van der Waals surface area contributed by atoms with Crippen molar-refractivity contribution in [3.05, 3.63) is 34.6 Å². The standard InChI is InChI=1S/C9H6ClFO3/c1-14-9(13)8(12)6-3-2-5(11)4-7(6)10/h2-4H,1H3. The number of hydrogen-bond donors (Lipinski definition) is 0. The molecule has 0 saturated heterocycles. The van der Waals surface area contributed by atoms with E-state index in [9.17, 15) is 14.0 Å². The van der Waals surface area contributed by atoms with E-state index in [4.69, 9.17) is 11.6 Å². The summed E-state index contributed by atoms with van der Waals surface area (Å²) in [6.07, 6.45) is 0. The molecule has 0 fully saturated rings. The van der Waals surface area contributed by atoms with E-state index in [0.717, 1.165) is 25.3 Å². The van der Waals surface area contributed by atoms with Crippen LogP contribution in [0.4, 0.5) is 4.39 Å². The van der Waals surface area contributed by atoms with E-state index < -0.39 is 17.6 Å². The Morgan fingerprint density at radius 3 is 2.57 bits per heavy atom. The van der Waals surface area contributed by atoms with Gasteiger partial charge >= 0.3 is 5.97 Å². The van der Waals surface area contributed by atoms with Crippen molar-refractivity contribution in [1.29, 1.82) is 0 Å². The monoisotopic (exact) mass is 216 g/mol. The zero-order chi connectivity index (χ0) is 10.7. The summed E-state index contributed by atoms with van der Waals surface area (Å²) in [6, 6.07) is 3.14. The lowest BCUT2D eigenvalue weighted by Gasteiger charge is -2.01. The molecule has 0 aliphatic rings. The highest BCUT2D eigenvalue weighted by Gasteiger charge is 2.19. The second-order valence-corrected chi connectivity index (χ2v) is 2.85. The molecule has 74 valence electrons. The van der Waals surface area contributed by atoms with E-state index in [0.29, 0.717) is 0 Å². The largest absolute Gasteiger partial charge is 0.463 e. The molecule has 5 heteroatoms. The average molecular weight is 217 g/mol. The van der Waals surface area contributed by atoms with E-state index in [-0.39, 0.29) is 10.6 Å². The predicted molar refractivity (Wildman–Crippen MR) is 47.8 cm³/mol. The van der Waals surface area contributed by atoms with Gasteiger partial charge in [0.15, 0.2) is 0 Å². The van der Waals surface area contributed by atoms with E-state index in [1.165, 1.54) is 0 Å². The Kier molecular flexibility index (Phi) is 3.19. The van der Waals surface area contributed by atoms with E-state index >= 15 is 0 Å². The van der Waals surface area contributed by atoms with Gasteiger partial charge in [0.25, 0.3) is 5.78 Å². The van der Waals surface area contributed by atoms with Crippen LogP contribution in [0.15, 0.2) is 18.2 Å². The number of ketones is 1. The van der Waals surface area contributed by atoms with Gasteiger partial charge in [-0.05, 0) is 18.2 Å². The molecular weight excluding hydrogens is 211 g/mol. The van der Waals surface area contributed by atoms with Crippen LogP contribution in [-0.4, -0.2) is 18.9 Å². The topological polar surface area (TPSA) is 43.4 Å². The summed E-state index contributed by atoms with van der Waals surface area (Å²) in [5, 5.41) is -0.111. The Morgan fingerprint density at radius 1 is 1.43 bits per heavy atom. The summed E-state index contributed by atoms with van der Waals surface area (Å²) in [5.41, 5.74) is -0.0695. The molecule has 0 heterocycles. The SMILES string of the molecule is COC(=O)C(=O)c1ccc(F)cc1Cl. The van der Waals surface area contributed by atoms with Gasteiger partial charge in [-0.1, -0.05) is 11.6 Å². The quantitative estimate of drug-likeness (QED) is 0.430. The Bertz CT molecular complexity index is 390. The molecule has 14 heavy (non-hydrogen) atoms. The van der Waals surface area contributed by atoms with Crippen molar-refractivity contribution in [2.75, 3.05) is 7.11 Å². The van der Waals surface area contributed by atoms with Crippen LogP contribution in [0, 0.1) is 5.82 Å². The first-order valence-electron chi connectivity index (χ1n) is 3.64. The third kappa shape index (κ3) is 2.09. The zero-order valence-electron chi connectivity index (χ0n) is 7.21. The van der Waals surface area contributed by atoms with Crippen molar-refractivity contribution in [2.45, 2.75) is 0 Å². The van der Waals surface area contributed by atoms with Gasteiger partial charge in [0, 0.05) is 5.56 Å². The molecule has 1 aromatic rings. The maximum Gasteiger partial charge on any atom is 0.379 e. The summed E-state index contributed by atoms with van der Waals surface area (Å²) in [4.78, 5) is 22.1. The molecule has 0 atom stereocenters. The number of methoxy groups -OCH3 is 1. The minimum Gasteiger partial charge on any atom is -0.463 e. The number of ether oxygens (including phenoxy) is 1. The second-order valence-electron chi connectivity index (χ2n) is 2.44. The van der Waals surface area contributed by atoms with Gasteiger partial charge in [-0.15, -0.1) is 0 Å². The minimum absolute atomic E-state index is 0.0695. The van der Waals surface area contributed by atoms with Crippen LogP contribution < -0.4 is 0 Å². The maximum absolute atomic E-state index is 12.6. The molecule has 0 N–H and O–H groups in total. The van der Waals surface area contributed by atoms with Gasteiger partial charge in [-0.2, -0.15) is 0 Å². The number of carbonyl (C=O) groups excluding carboxylic acids is 2. The Hall–Kier alpha value is -1.42. The van der Waals surface area contributed by atoms with Gasteiger partial charge in [-0.3, -0.25) is 4.79 Å². The first-order valence-corrected chi connectivity index (χ1v) is 4.01. The number of esters is 1. The summed E-state index contributed by atoms with van der Waals surface area (Å²) < 4.78 is 16.8. The number of hydrogen-bond acceptors (Lipinski definition) is 3. The van der Waals surface area contributed by atoms with Crippen LogP contribution in [0.5, 0.6) is 0 Å². The van der Waals surface area contributed by atoms with E-state index in [2.05, 4.69) is 4.74 Å². The maximum atomic E-state index is 12.6. The van der Waals surface area contributed by atoms with Crippen LogP contribution >= 0.6 is 11.6 Å². The van der Waals surface area contributed by atoms with Crippen molar-refractivity contribution in [2.24, 2.45) is 0 Å². The van der Waals surface area contributed by atoms with Gasteiger partial charge in [0.1, 0.15) is 5.82 Å². The molecule has 3 nitrogen and oxygen atoms in total. The summed E-state index contributed by atoms with van der Waals surface area (Å²) in [5.74, 6) is -2.49. The lowest BCUT2D eigenvalue weighted by Crippen LogP contribution is -2.16. The smallest absolute Gasteiger partial charge is 0.379 e. The number of benzene rings is 1. The number of rotatable bonds is 2. The summed E-state index contributed by atoms with van der Waals surface area (Å²) in [7, 11) is 1.08. The molecule has 0 unspecified atom stereocenters. The highest BCUT2D eigenvalue weighted by atomic mass is 35.5. The van der Waals surface area contributed by atoms with Crippen LogP contribution in [0.3, 0.4) is 0 Å². The molecule has 1 aromatic carbocycles. The zero-order valence-corrected chi connectivity index (χ0v) is 7.97. The number of carbonyl (C=O) groups is 2. The van der Waals surface area contributed by atoms with Crippen molar-refractivity contribution in [3.63, 3.8) is 0 Å². The molecule has 1 rings (SSSR count). The van der Waals surface area contributed by atoms with Gasteiger partial charge in [0.2, 0.25) is 0 Å². The average Bonchev–Trinajstić information content (AvgIpc) is 2.15. The third-order valence-electron chi connectivity index (χ3n) is 1.55. The molecule has 0 aliphatic carbocycles. The molecule has 0 aromatic heterocycles. The molecule has 0 bridgehead atoms. The lowest BCUT2D eigenvalue weighted by molar-refractivity contribution is -0.135. The number of Topliss-reactive ketones (excluding diaryl/α,β-unsaturated/α-hetero) is 1. The van der Waals surface area contributed by atoms with Crippen LogP contribution in [0.2, 0.25) is 5.02 Å². The molecule has 0 amide bonds. The molecule has 0 saturated carbocycles. The van der Waals surface area contributed by atoms with Crippen molar-refractivity contribution < 1.29 is 18.7 Å². The van der Waals surface area contributed by atoms with E-state index in [1.54, 1.807) is 0 Å². The highest BCUT2D eigenvalue weighted by molar-refractivity contribution is 6.45. The van der Waals surface area contributed by atoms with Gasteiger partial charge in [-0.25, -0.2) is 9.18 Å². The summed E-state index contributed by atoms with van der Waals surface area (Å²) >= 11 is 5.56. The Morgan fingerprint density at radius 2 is 2.07 bits per heavy atom. The first-order chi connectivity index (χ1) is 6.56. The fourth-order valence-electron chi connectivity index (χ4n) is 0.876. The fraction of sp³-hybridized carbons (Fsp3) is 0.111. The highest BCUT2D eigenvalue weighted by Crippen LogP contribution is 2.17.